The van der Waals surface area contributed by atoms with Crippen LogP contribution in [0.5, 0.6) is 0 Å². The highest BCUT2D eigenvalue weighted by molar-refractivity contribution is 8.14. The second-order valence-corrected chi connectivity index (χ2v) is 13.5. The molecule has 2 unspecified atom stereocenters. The quantitative estimate of drug-likeness (QED) is 0.124. The molecule has 1 aliphatic carbocycles. The Morgan fingerprint density at radius 1 is 0.829 bits per heavy atom. The molecular weight excluding hydrogens is 545 g/mol. The summed E-state index contributed by atoms with van der Waals surface area (Å²) in [4.78, 5) is 3.54. The minimum Gasteiger partial charge on any atom is -0.346 e. The smallest absolute Gasteiger partial charge is 0.211 e. The number of hydrogen-bond donors (Lipinski definition) is 0. The highest BCUT2D eigenvalue weighted by Crippen LogP contribution is 2.40. The van der Waals surface area contributed by atoms with Gasteiger partial charge in [0.25, 0.3) is 0 Å². The minimum atomic E-state index is 0.609. The Labute approximate surface area is 252 Å². The van der Waals surface area contributed by atoms with Gasteiger partial charge >= 0.3 is 0 Å². The van der Waals surface area contributed by atoms with Crippen LogP contribution in [0.3, 0.4) is 0 Å². The molecule has 0 spiro atoms. The molecule has 1 saturated heterocycles. The molecule has 2 aliphatic rings. The van der Waals surface area contributed by atoms with Crippen LogP contribution >= 0.6 is 23.1 Å². The van der Waals surface area contributed by atoms with Gasteiger partial charge in [0.15, 0.2) is 30.0 Å². The number of thiazole rings is 1. The van der Waals surface area contributed by atoms with Gasteiger partial charge in [-0.1, -0.05) is 61.4 Å². The van der Waals surface area contributed by atoms with Crippen LogP contribution in [0.2, 0.25) is 0 Å². The predicted molar refractivity (Wildman–Crippen MR) is 171 cm³/mol. The topological polar surface area (TPSA) is 40.6 Å². The van der Waals surface area contributed by atoms with Crippen LogP contribution in [0.1, 0.15) is 58.3 Å². The van der Waals surface area contributed by atoms with Crippen LogP contribution in [0.25, 0.3) is 21.3 Å². The molecular formula is C33H42N6S2+2. The molecule has 2 atom stereocenters. The van der Waals surface area contributed by atoms with E-state index in [1.54, 1.807) is 11.3 Å². The first kappa shape index (κ1) is 28.2. The molecule has 6 rings (SSSR count). The number of aryl methyl sites for hydroxylation is 3. The van der Waals surface area contributed by atoms with Crippen molar-refractivity contribution in [2.45, 2.75) is 82.7 Å². The van der Waals surface area contributed by atoms with E-state index in [0.29, 0.717) is 11.3 Å². The fourth-order valence-electron chi connectivity index (χ4n) is 6.04. The zero-order valence-corrected chi connectivity index (χ0v) is 26.0. The molecule has 0 N–H and O–H groups in total. The molecule has 0 bridgehead atoms. The lowest BCUT2D eigenvalue weighted by Crippen LogP contribution is -2.40. The van der Waals surface area contributed by atoms with Crippen LogP contribution in [0.4, 0.5) is 0 Å². The molecule has 214 valence electrons. The maximum atomic E-state index is 4.86. The third kappa shape index (κ3) is 6.59. The number of fused-ring (bicyclic) bond motifs is 2. The molecule has 2 fully saturated rings. The van der Waals surface area contributed by atoms with E-state index in [1.165, 1.54) is 59.9 Å². The van der Waals surface area contributed by atoms with Crippen molar-refractivity contribution in [2.75, 3.05) is 6.54 Å². The number of rotatable bonds is 10. The average Bonchev–Trinajstić information content (AvgIpc) is 3.54. The van der Waals surface area contributed by atoms with Gasteiger partial charge in [-0.15, -0.1) is 10.2 Å². The number of para-hydroxylation sites is 1. The van der Waals surface area contributed by atoms with Crippen molar-refractivity contribution in [1.82, 2.24) is 9.47 Å². The van der Waals surface area contributed by atoms with Crippen LogP contribution in [0, 0.1) is 0 Å². The van der Waals surface area contributed by atoms with Crippen molar-refractivity contribution in [3.63, 3.8) is 0 Å². The first-order valence-electron chi connectivity index (χ1n) is 15.3. The van der Waals surface area contributed by atoms with E-state index in [0.717, 1.165) is 42.4 Å². The standard InChI is InChI=1S/C33H42N6S2/c1-3-4-19-37-22-15-26(16-23-37)27-17-24-38(25-18-27)20-9-10-21-39-29-12-6-8-14-31(29)41-33(39)35-34-32-36(2)28-11-5-7-13-30(28)40-32/h5,7,11,13,15-18,22-25,29,31H,3-4,6,8-10,12,14,19-21H2,1-2H3/q+2/b34-32+,35-33-. The van der Waals surface area contributed by atoms with Crippen molar-refractivity contribution >= 4 is 38.5 Å². The molecule has 4 aromatic rings. The number of unbranched alkanes of at least 4 members (excludes halogenated alkanes) is 2. The lowest BCUT2D eigenvalue weighted by atomic mass is 9.94. The first-order valence-corrected chi connectivity index (χ1v) is 17.0. The third-order valence-electron chi connectivity index (χ3n) is 8.46. The lowest BCUT2D eigenvalue weighted by Gasteiger charge is -2.31. The van der Waals surface area contributed by atoms with Gasteiger partial charge in [0.1, 0.15) is 13.1 Å². The summed E-state index contributed by atoms with van der Waals surface area (Å²) in [7, 11) is 2.09. The van der Waals surface area contributed by atoms with Gasteiger partial charge < -0.3 is 9.47 Å². The molecule has 1 aliphatic heterocycles. The van der Waals surface area contributed by atoms with Crippen molar-refractivity contribution in [2.24, 2.45) is 17.3 Å². The third-order valence-corrected chi connectivity index (χ3v) is 10.9. The van der Waals surface area contributed by atoms with E-state index < -0.39 is 0 Å². The van der Waals surface area contributed by atoms with Crippen LogP contribution in [-0.4, -0.2) is 32.5 Å². The highest BCUT2D eigenvalue weighted by Gasteiger charge is 2.40. The number of hydrogen-bond acceptors (Lipinski definition) is 4. The summed E-state index contributed by atoms with van der Waals surface area (Å²) in [6.07, 6.45) is 18.9. The monoisotopic (exact) mass is 586 g/mol. The van der Waals surface area contributed by atoms with Crippen LogP contribution in [-0.2, 0) is 20.1 Å². The van der Waals surface area contributed by atoms with E-state index in [-0.39, 0.29) is 0 Å². The Morgan fingerprint density at radius 3 is 2.22 bits per heavy atom. The van der Waals surface area contributed by atoms with E-state index >= 15 is 0 Å². The minimum absolute atomic E-state index is 0.609. The maximum absolute atomic E-state index is 4.86. The van der Waals surface area contributed by atoms with Crippen LogP contribution < -0.4 is 13.9 Å². The van der Waals surface area contributed by atoms with E-state index in [1.807, 2.05) is 11.8 Å². The summed E-state index contributed by atoms with van der Waals surface area (Å²) in [6.45, 7) is 5.43. The molecule has 8 heteroatoms. The zero-order valence-electron chi connectivity index (χ0n) is 24.4. The Morgan fingerprint density at radius 2 is 1.51 bits per heavy atom. The highest BCUT2D eigenvalue weighted by atomic mass is 32.2. The Bertz CT molecular complexity index is 1540. The summed E-state index contributed by atoms with van der Waals surface area (Å²) in [5, 5.41) is 11.4. The summed E-state index contributed by atoms with van der Waals surface area (Å²) in [5.41, 5.74) is 3.77. The maximum Gasteiger partial charge on any atom is 0.211 e. The molecule has 1 saturated carbocycles. The molecule has 0 radical (unpaired) electrons. The first-order chi connectivity index (χ1) is 20.2. The molecule has 41 heavy (non-hydrogen) atoms. The molecule has 0 amide bonds. The fourth-order valence-corrected chi connectivity index (χ4v) is 8.45. The fraction of sp³-hybridized carbons (Fsp3) is 0.455. The van der Waals surface area contributed by atoms with E-state index in [9.17, 15) is 0 Å². The van der Waals surface area contributed by atoms with Gasteiger partial charge in [0, 0.05) is 62.0 Å². The number of thioether (sulfide) groups is 1. The van der Waals surface area contributed by atoms with Gasteiger partial charge in [-0.25, -0.2) is 9.13 Å². The SMILES string of the molecule is CCCC[n+]1ccc(-c2cc[n+](CCCCN3/C(=N/N=c4/sc5ccccc5n4C)SC4CCCCC43)cc2)cc1. The average molecular weight is 587 g/mol. The Hall–Kier alpha value is -2.97. The second kappa shape index (κ2) is 13.3. The van der Waals surface area contributed by atoms with Gasteiger partial charge in [0.05, 0.1) is 10.2 Å². The lowest BCUT2D eigenvalue weighted by molar-refractivity contribution is -0.697. The van der Waals surface area contributed by atoms with Gasteiger partial charge in [-0.05, 0) is 42.5 Å². The normalized spacial score (nSPS) is 20.3. The number of nitrogens with zero attached hydrogens (tertiary/aromatic N) is 6. The number of amidine groups is 1. The van der Waals surface area contributed by atoms with Crippen molar-refractivity contribution in [1.29, 1.82) is 0 Å². The number of pyridine rings is 2. The van der Waals surface area contributed by atoms with E-state index in [2.05, 4.69) is 106 Å². The number of benzene rings is 1. The molecule has 6 nitrogen and oxygen atoms in total. The summed E-state index contributed by atoms with van der Waals surface area (Å²) < 4.78 is 8.01. The largest absolute Gasteiger partial charge is 0.346 e. The van der Waals surface area contributed by atoms with Crippen molar-refractivity contribution in [3.8, 4) is 11.1 Å². The molecule has 3 aromatic heterocycles. The molecule has 1 aromatic carbocycles. The zero-order chi connectivity index (χ0) is 28.0. The Kier molecular flexibility index (Phi) is 9.16. The summed E-state index contributed by atoms with van der Waals surface area (Å²) >= 11 is 3.68. The van der Waals surface area contributed by atoms with Crippen molar-refractivity contribution < 1.29 is 9.13 Å². The summed E-state index contributed by atoms with van der Waals surface area (Å²) in [5.74, 6) is 0. The number of aromatic nitrogens is 3. The van der Waals surface area contributed by atoms with Gasteiger partial charge in [-0.2, -0.15) is 0 Å². The van der Waals surface area contributed by atoms with E-state index in [4.69, 9.17) is 10.2 Å². The van der Waals surface area contributed by atoms with Crippen molar-refractivity contribution in [3.05, 3.63) is 78.1 Å². The van der Waals surface area contributed by atoms with Gasteiger partial charge in [0.2, 0.25) is 4.80 Å². The van der Waals surface area contributed by atoms with Gasteiger partial charge in [-0.3, -0.25) is 0 Å². The second-order valence-electron chi connectivity index (χ2n) is 11.3. The predicted octanol–water partition coefficient (Wildman–Crippen LogP) is 6.29. The summed E-state index contributed by atoms with van der Waals surface area (Å²) in [6, 6.07) is 18.0. The Balaban J connectivity index is 1.07. The van der Waals surface area contributed by atoms with Crippen LogP contribution in [0.15, 0.2) is 83.5 Å². The molecule has 4 heterocycles.